The van der Waals surface area contributed by atoms with Crippen LogP contribution in [0.2, 0.25) is 5.02 Å². The van der Waals surface area contributed by atoms with Crippen molar-refractivity contribution in [2.24, 2.45) is 0 Å². The van der Waals surface area contributed by atoms with Crippen molar-refractivity contribution in [3.63, 3.8) is 0 Å². The number of hydrogen-bond acceptors (Lipinski definition) is 7. The Labute approximate surface area is 178 Å². The van der Waals surface area contributed by atoms with E-state index in [9.17, 15) is 14.4 Å². The predicted octanol–water partition coefficient (Wildman–Crippen LogP) is 3.20. The third-order valence-corrected chi connectivity index (χ3v) is 5.04. The Morgan fingerprint density at radius 2 is 1.90 bits per heavy atom. The van der Waals surface area contributed by atoms with Crippen LogP contribution in [0.4, 0.5) is 0 Å². The lowest BCUT2D eigenvalue weighted by Crippen LogP contribution is -2.26. The highest BCUT2D eigenvalue weighted by Crippen LogP contribution is 2.38. The number of fused-ring (bicyclic) bond motifs is 1. The molecule has 3 rings (SSSR count). The molecule has 0 spiro atoms. The highest BCUT2D eigenvalue weighted by molar-refractivity contribution is 6.32. The van der Waals surface area contributed by atoms with Gasteiger partial charge in [-0.15, -0.1) is 0 Å². The molecule has 1 aromatic carbocycles. The van der Waals surface area contributed by atoms with Crippen LogP contribution in [0.25, 0.3) is 0 Å². The van der Waals surface area contributed by atoms with E-state index in [4.69, 9.17) is 30.5 Å². The number of ketones is 1. The maximum absolute atomic E-state index is 12.8. The molecule has 0 fully saturated rings. The number of nitrogens with one attached hydrogen (secondary N) is 1. The van der Waals surface area contributed by atoms with Crippen molar-refractivity contribution in [3.05, 3.63) is 45.2 Å². The number of rotatable bonds is 6. The molecule has 1 unspecified atom stereocenters. The first-order valence-corrected chi connectivity index (χ1v) is 9.69. The second-order valence-corrected chi connectivity index (χ2v) is 7.30. The number of aromatic amines is 1. The lowest BCUT2D eigenvalue weighted by atomic mass is 10.1. The van der Waals surface area contributed by atoms with Crippen molar-refractivity contribution in [2.75, 3.05) is 20.3 Å². The van der Waals surface area contributed by atoms with E-state index in [1.165, 1.54) is 14.0 Å². The SMILES string of the molecule is COC(=O)c1c(C)[nH]c(C(=O)C(C)OC(=O)Cc2cc(Cl)c3c(c2)OCCO3)c1C. The monoisotopic (exact) mass is 435 g/mol. The number of aromatic nitrogens is 1. The van der Waals surface area contributed by atoms with Crippen LogP contribution in [0.3, 0.4) is 0 Å². The van der Waals surface area contributed by atoms with E-state index >= 15 is 0 Å². The summed E-state index contributed by atoms with van der Waals surface area (Å²) < 4.78 is 21.0. The Kier molecular flexibility index (Phi) is 6.36. The topological polar surface area (TPSA) is 104 Å². The van der Waals surface area contributed by atoms with Gasteiger partial charge in [-0.1, -0.05) is 11.6 Å². The zero-order valence-electron chi connectivity index (χ0n) is 17.1. The number of ether oxygens (including phenoxy) is 4. The zero-order chi connectivity index (χ0) is 22.0. The molecule has 160 valence electrons. The zero-order valence-corrected chi connectivity index (χ0v) is 17.8. The van der Waals surface area contributed by atoms with E-state index in [2.05, 4.69) is 4.98 Å². The van der Waals surface area contributed by atoms with Crippen LogP contribution in [-0.2, 0) is 20.7 Å². The van der Waals surface area contributed by atoms with Crippen LogP contribution in [0.5, 0.6) is 11.5 Å². The molecular weight excluding hydrogens is 414 g/mol. The summed E-state index contributed by atoms with van der Waals surface area (Å²) in [4.78, 5) is 39.9. The van der Waals surface area contributed by atoms with Crippen LogP contribution in [0.15, 0.2) is 12.1 Å². The van der Waals surface area contributed by atoms with Crippen LogP contribution in [-0.4, -0.2) is 49.1 Å². The van der Waals surface area contributed by atoms with Crippen LogP contribution in [0, 0.1) is 13.8 Å². The molecule has 0 radical (unpaired) electrons. The van der Waals surface area contributed by atoms with E-state index in [1.54, 1.807) is 26.0 Å². The molecule has 1 atom stereocenters. The van der Waals surface area contributed by atoms with E-state index < -0.39 is 23.8 Å². The number of methoxy groups -OCH3 is 1. The maximum atomic E-state index is 12.8. The molecule has 9 heteroatoms. The molecule has 0 amide bonds. The second kappa shape index (κ2) is 8.79. The molecular formula is C21H22ClNO7. The molecule has 1 aliphatic heterocycles. The Morgan fingerprint density at radius 1 is 1.20 bits per heavy atom. The minimum Gasteiger partial charge on any atom is -0.486 e. The van der Waals surface area contributed by atoms with Crippen molar-refractivity contribution < 1.29 is 33.3 Å². The van der Waals surface area contributed by atoms with E-state index in [0.29, 0.717) is 52.1 Å². The number of Topliss-reactive ketones (excluding diaryl/α,β-unsaturated/α-hetero) is 1. The van der Waals surface area contributed by atoms with Gasteiger partial charge in [0.25, 0.3) is 0 Å². The summed E-state index contributed by atoms with van der Waals surface area (Å²) in [6.07, 6.45) is -1.14. The minimum atomic E-state index is -1.05. The summed E-state index contributed by atoms with van der Waals surface area (Å²) in [6, 6.07) is 3.26. The van der Waals surface area contributed by atoms with Gasteiger partial charge in [-0.3, -0.25) is 9.59 Å². The van der Waals surface area contributed by atoms with Gasteiger partial charge in [0.15, 0.2) is 17.6 Å². The van der Waals surface area contributed by atoms with Gasteiger partial charge >= 0.3 is 11.9 Å². The van der Waals surface area contributed by atoms with Gasteiger partial charge < -0.3 is 23.9 Å². The van der Waals surface area contributed by atoms with Gasteiger partial charge in [-0.2, -0.15) is 0 Å². The summed E-state index contributed by atoms with van der Waals surface area (Å²) in [6.45, 7) is 5.58. The third-order valence-electron chi connectivity index (χ3n) is 4.76. The molecule has 0 saturated carbocycles. The van der Waals surface area contributed by atoms with Crippen LogP contribution < -0.4 is 9.47 Å². The summed E-state index contributed by atoms with van der Waals surface area (Å²) >= 11 is 6.19. The van der Waals surface area contributed by atoms with Gasteiger partial charge in [-0.25, -0.2) is 4.79 Å². The van der Waals surface area contributed by atoms with Crippen LogP contribution in [0.1, 0.15) is 44.6 Å². The normalized spacial score (nSPS) is 13.5. The lowest BCUT2D eigenvalue weighted by Gasteiger charge is -2.20. The first kappa shape index (κ1) is 21.7. The average molecular weight is 436 g/mol. The number of carbonyl (C=O) groups is 3. The minimum absolute atomic E-state index is 0.0931. The van der Waals surface area contributed by atoms with E-state index in [1.807, 2.05) is 0 Å². The summed E-state index contributed by atoms with van der Waals surface area (Å²) in [5.74, 6) is -0.673. The molecule has 0 bridgehead atoms. The average Bonchev–Trinajstić information content (AvgIpc) is 3.00. The molecule has 0 saturated heterocycles. The number of aryl methyl sites for hydroxylation is 1. The number of carbonyl (C=O) groups excluding carboxylic acids is 3. The quantitative estimate of drug-likeness (QED) is 0.548. The Bertz CT molecular complexity index is 1010. The van der Waals surface area contributed by atoms with Gasteiger partial charge in [-0.05, 0) is 44.0 Å². The molecule has 8 nitrogen and oxygen atoms in total. The largest absolute Gasteiger partial charge is 0.486 e. The number of halogens is 1. The van der Waals surface area contributed by atoms with E-state index in [0.717, 1.165) is 0 Å². The number of benzene rings is 1. The number of H-pyrrole nitrogens is 1. The fourth-order valence-corrected chi connectivity index (χ4v) is 3.62. The fourth-order valence-electron chi connectivity index (χ4n) is 3.33. The third kappa shape index (κ3) is 4.28. The van der Waals surface area contributed by atoms with E-state index in [-0.39, 0.29) is 12.1 Å². The maximum Gasteiger partial charge on any atom is 0.339 e. The van der Waals surface area contributed by atoms with Crippen molar-refractivity contribution in [1.29, 1.82) is 0 Å². The number of hydrogen-bond donors (Lipinski definition) is 1. The highest BCUT2D eigenvalue weighted by atomic mass is 35.5. The second-order valence-electron chi connectivity index (χ2n) is 6.89. The molecule has 0 aliphatic carbocycles. The Hall–Kier alpha value is -3.00. The summed E-state index contributed by atoms with van der Waals surface area (Å²) in [7, 11) is 1.27. The standard InChI is InChI=1S/C21H22ClNO7/c1-10-17(21(26)27-4)11(2)23-18(10)19(25)12(3)30-16(24)9-13-7-14(22)20-15(8-13)28-5-6-29-20/h7-8,12,23H,5-6,9H2,1-4H3. The molecule has 1 aliphatic rings. The highest BCUT2D eigenvalue weighted by Gasteiger charge is 2.27. The molecule has 2 heterocycles. The van der Waals surface area contributed by atoms with Crippen LogP contribution >= 0.6 is 11.6 Å². The Balaban J connectivity index is 1.70. The number of esters is 2. The summed E-state index contributed by atoms with van der Waals surface area (Å²) in [5.41, 5.74) is 2.03. The first-order chi connectivity index (χ1) is 14.2. The Morgan fingerprint density at radius 3 is 2.60 bits per heavy atom. The fraction of sp³-hybridized carbons (Fsp3) is 0.381. The van der Waals surface area contributed by atoms with Gasteiger partial charge in [0.05, 0.1) is 29.8 Å². The van der Waals surface area contributed by atoms with Crippen molar-refractivity contribution >= 4 is 29.3 Å². The molecule has 2 aromatic rings. The smallest absolute Gasteiger partial charge is 0.339 e. The van der Waals surface area contributed by atoms with Crippen molar-refractivity contribution in [2.45, 2.75) is 33.3 Å². The van der Waals surface area contributed by atoms with Gasteiger partial charge in [0.1, 0.15) is 13.2 Å². The van der Waals surface area contributed by atoms with Gasteiger partial charge in [0.2, 0.25) is 5.78 Å². The molecule has 1 aromatic heterocycles. The summed E-state index contributed by atoms with van der Waals surface area (Å²) in [5, 5.41) is 0.340. The van der Waals surface area contributed by atoms with Crippen molar-refractivity contribution in [3.8, 4) is 11.5 Å². The van der Waals surface area contributed by atoms with Gasteiger partial charge in [0, 0.05) is 5.69 Å². The predicted molar refractivity (Wildman–Crippen MR) is 108 cm³/mol. The lowest BCUT2D eigenvalue weighted by molar-refractivity contribution is -0.145. The first-order valence-electron chi connectivity index (χ1n) is 9.32. The molecule has 1 N–H and O–H groups in total. The van der Waals surface area contributed by atoms with Crippen molar-refractivity contribution in [1.82, 2.24) is 4.98 Å². The molecule has 30 heavy (non-hydrogen) atoms.